The second-order valence-electron chi connectivity index (χ2n) is 8.98. The third-order valence-electron chi connectivity index (χ3n) is 6.18. The molecule has 1 aliphatic heterocycles. The van der Waals surface area contributed by atoms with Gasteiger partial charge in [-0.05, 0) is 76.2 Å². The highest BCUT2D eigenvalue weighted by Crippen LogP contribution is 2.37. The molecule has 0 aromatic heterocycles. The van der Waals surface area contributed by atoms with Crippen LogP contribution in [0.1, 0.15) is 31.0 Å². The van der Waals surface area contributed by atoms with Crippen LogP contribution in [0.4, 0.5) is 5.69 Å². The van der Waals surface area contributed by atoms with Gasteiger partial charge in [0.15, 0.2) is 0 Å². The first-order valence-electron chi connectivity index (χ1n) is 10.7. The van der Waals surface area contributed by atoms with Crippen LogP contribution in [0.3, 0.4) is 0 Å². The molecule has 1 saturated heterocycles. The molecule has 2 nitrogen and oxygen atoms in total. The number of hydrogen-bond donors (Lipinski definition) is 0. The number of halogens is 4. The van der Waals surface area contributed by atoms with Gasteiger partial charge in [-0.3, -0.25) is 4.90 Å². The average Bonchev–Trinajstić information content (AvgIpc) is 2.75. The second-order valence-corrected chi connectivity index (χ2v) is 11.5. The van der Waals surface area contributed by atoms with E-state index in [9.17, 15) is 0 Å². The molecule has 6 heteroatoms. The molecule has 0 bridgehead atoms. The van der Waals surface area contributed by atoms with Gasteiger partial charge < -0.3 is 4.90 Å². The number of nitrogens with zero attached hydrogens (tertiary/aromatic N) is 2. The fourth-order valence-electron chi connectivity index (χ4n) is 4.51. The van der Waals surface area contributed by atoms with Gasteiger partial charge in [-0.25, -0.2) is 0 Å². The fourth-order valence-corrected chi connectivity index (χ4v) is 5.51. The fraction of sp³-hybridized carbons (Fsp3) is 0.308. The van der Waals surface area contributed by atoms with E-state index in [0.717, 1.165) is 36.9 Å². The van der Waals surface area contributed by atoms with Crippen LogP contribution in [0, 0.1) is 3.57 Å². The zero-order valence-electron chi connectivity index (χ0n) is 18.2. The van der Waals surface area contributed by atoms with Crippen LogP contribution in [0.15, 0.2) is 66.7 Å². The van der Waals surface area contributed by atoms with Gasteiger partial charge in [-0.2, -0.15) is 0 Å². The van der Waals surface area contributed by atoms with E-state index >= 15 is 0 Å². The summed E-state index contributed by atoms with van der Waals surface area (Å²) in [5.74, 6) is 0. The minimum Gasteiger partial charge on any atom is -0.361 e. The molecule has 0 saturated carbocycles. The summed E-state index contributed by atoms with van der Waals surface area (Å²) in [5.41, 5.74) is 3.67. The lowest BCUT2D eigenvalue weighted by molar-refractivity contribution is 0.186. The summed E-state index contributed by atoms with van der Waals surface area (Å²) in [5, 5.41) is 2.08. The minimum atomic E-state index is 0.0506. The maximum atomic E-state index is 6.62. The van der Waals surface area contributed by atoms with E-state index in [2.05, 4.69) is 82.6 Å². The van der Waals surface area contributed by atoms with Crippen LogP contribution in [0.2, 0.25) is 15.1 Å². The Morgan fingerprint density at radius 2 is 1.53 bits per heavy atom. The molecule has 0 spiro atoms. The minimum absolute atomic E-state index is 0.0506. The van der Waals surface area contributed by atoms with Crippen molar-refractivity contribution in [3.63, 3.8) is 0 Å². The van der Waals surface area contributed by atoms with E-state index in [-0.39, 0.29) is 11.5 Å². The van der Waals surface area contributed by atoms with Crippen molar-refractivity contribution in [3.05, 3.63) is 96.5 Å². The maximum absolute atomic E-state index is 6.62. The van der Waals surface area contributed by atoms with Crippen LogP contribution < -0.4 is 4.90 Å². The SMILES string of the molecule is CC(C)(CN1CCN(c2ccc(Cl)cc2Cl)[C@H](c2ccc(Cl)cc2)C1)c1ccc(I)cc1. The Bertz CT molecular complexity index is 1070. The zero-order chi connectivity index (χ0) is 22.9. The number of anilines is 1. The molecule has 1 fully saturated rings. The van der Waals surface area contributed by atoms with Gasteiger partial charge in [0.2, 0.25) is 0 Å². The highest BCUT2D eigenvalue weighted by atomic mass is 127. The first-order valence-corrected chi connectivity index (χ1v) is 12.9. The Hall–Kier alpha value is -0.980. The normalized spacial score (nSPS) is 17.6. The molecule has 168 valence electrons. The predicted octanol–water partition coefficient (Wildman–Crippen LogP) is 8.09. The molecule has 1 heterocycles. The molecule has 3 aromatic rings. The summed E-state index contributed by atoms with van der Waals surface area (Å²) in [6.45, 7) is 8.41. The van der Waals surface area contributed by atoms with Crippen molar-refractivity contribution in [2.24, 2.45) is 0 Å². The first-order chi connectivity index (χ1) is 15.2. The van der Waals surface area contributed by atoms with E-state index in [4.69, 9.17) is 34.8 Å². The molecule has 0 N–H and O–H groups in total. The predicted molar refractivity (Wildman–Crippen MR) is 147 cm³/mol. The van der Waals surface area contributed by atoms with E-state index in [1.807, 2.05) is 30.3 Å². The monoisotopic (exact) mass is 598 g/mol. The molecule has 1 atom stereocenters. The molecule has 0 aliphatic carbocycles. The van der Waals surface area contributed by atoms with Crippen molar-refractivity contribution in [1.82, 2.24) is 4.90 Å². The van der Waals surface area contributed by atoms with Crippen molar-refractivity contribution in [3.8, 4) is 0 Å². The van der Waals surface area contributed by atoms with Crippen molar-refractivity contribution < 1.29 is 0 Å². The lowest BCUT2D eigenvalue weighted by Crippen LogP contribution is -2.51. The highest BCUT2D eigenvalue weighted by Gasteiger charge is 2.33. The molecule has 3 aromatic carbocycles. The van der Waals surface area contributed by atoms with E-state index in [1.165, 1.54) is 14.7 Å². The van der Waals surface area contributed by atoms with Crippen molar-refractivity contribution in [2.45, 2.75) is 25.3 Å². The average molecular weight is 600 g/mol. The van der Waals surface area contributed by atoms with Gasteiger partial charge in [-0.1, -0.05) is 72.9 Å². The number of benzene rings is 3. The second kappa shape index (κ2) is 10.1. The first kappa shape index (κ1) is 24.2. The van der Waals surface area contributed by atoms with Crippen molar-refractivity contribution in [2.75, 3.05) is 31.1 Å². The van der Waals surface area contributed by atoms with Crippen LogP contribution in [0.25, 0.3) is 0 Å². The van der Waals surface area contributed by atoms with Gasteiger partial charge >= 0.3 is 0 Å². The summed E-state index contributed by atoms with van der Waals surface area (Å²) in [6.07, 6.45) is 0. The Morgan fingerprint density at radius 3 is 2.19 bits per heavy atom. The van der Waals surface area contributed by atoms with Gasteiger partial charge in [0.25, 0.3) is 0 Å². The third-order valence-corrected chi connectivity index (χ3v) is 7.69. The number of piperazine rings is 1. The van der Waals surface area contributed by atoms with Gasteiger partial charge in [0.05, 0.1) is 16.8 Å². The molecule has 0 radical (unpaired) electrons. The molecule has 32 heavy (non-hydrogen) atoms. The van der Waals surface area contributed by atoms with Crippen molar-refractivity contribution >= 4 is 63.1 Å². The lowest BCUT2D eigenvalue weighted by atomic mass is 9.83. The molecular formula is C26H26Cl3IN2. The standard InChI is InChI=1S/C26H26Cl3IN2/c1-26(2,19-5-10-22(30)11-6-19)17-31-13-14-32(24-12-9-21(28)15-23(24)29)25(16-31)18-3-7-20(27)8-4-18/h3-12,15,25H,13-14,16-17H2,1-2H3/t25-/m0/s1. The largest absolute Gasteiger partial charge is 0.361 e. The number of hydrogen-bond acceptors (Lipinski definition) is 2. The van der Waals surface area contributed by atoms with Crippen LogP contribution >= 0.6 is 57.4 Å². The Labute approximate surface area is 219 Å². The van der Waals surface area contributed by atoms with Crippen molar-refractivity contribution in [1.29, 1.82) is 0 Å². The number of rotatable bonds is 5. The van der Waals surface area contributed by atoms with Crippen LogP contribution in [-0.2, 0) is 5.41 Å². The summed E-state index contributed by atoms with van der Waals surface area (Å²) >= 11 is 21.3. The molecule has 0 unspecified atom stereocenters. The Morgan fingerprint density at radius 1 is 0.875 bits per heavy atom. The van der Waals surface area contributed by atoms with Gasteiger partial charge in [0, 0.05) is 45.2 Å². The Balaban J connectivity index is 1.61. The molecule has 4 rings (SSSR count). The molecule has 0 amide bonds. The Kier molecular flexibility index (Phi) is 7.63. The lowest BCUT2D eigenvalue weighted by Gasteiger charge is -2.45. The van der Waals surface area contributed by atoms with E-state index in [0.29, 0.717) is 10.0 Å². The summed E-state index contributed by atoms with van der Waals surface area (Å²) in [4.78, 5) is 4.97. The zero-order valence-corrected chi connectivity index (χ0v) is 22.6. The molecular weight excluding hydrogens is 574 g/mol. The summed E-state index contributed by atoms with van der Waals surface area (Å²) < 4.78 is 1.26. The topological polar surface area (TPSA) is 6.48 Å². The smallest absolute Gasteiger partial charge is 0.0670 e. The van der Waals surface area contributed by atoms with E-state index in [1.54, 1.807) is 0 Å². The summed E-state index contributed by atoms with van der Waals surface area (Å²) in [7, 11) is 0. The van der Waals surface area contributed by atoms with Crippen LogP contribution in [-0.4, -0.2) is 31.1 Å². The molecule has 1 aliphatic rings. The third kappa shape index (κ3) is 5.56. The quantitative estimate of drug-likeness (QED) is 0.274. The maximum Gasteiger partial charge on any atom is 0.0670 e. The van der Waals surface area contributed by atoms with E-state index < -0.39 is 0 Å². The highest BCUT2D eigenvalue weighted by molar-refractivity contribution is 14.1. The van der Waals surface area contributed by atoms with Crippen LogP contribution in [0.5, 0.6) is 0 Å². The summed E-state index contributed by atoms with van der Waals surface area (Å²) in [6, 6.07) is 23.0. The van der Waals surface area contributed by atoms with Gasteiger partial charge in [-0.15, -0.1) is 0 Å². The van der Waals surface area contributed by atoms with Gasteiger partial charge in [0.1, 0.15) is 0 Å².